The lowest BCUT2D eigenvalue weighted by Crippen LogP contribution is -2.39. The van der Waals surface area contributed by atoms with Gasteiger partial charge in [0, 0.05) is 25.4 Å². The summed E-state index contributed by atoms with van der Waals surface area (Å²) in [5.41, 5.74) is 0. The van der Waals surface area contributed by atoms with Crippen LogP contribution in [0, 0.1) is 0 Å². The van der Waals surface area contributed by atoms with E-state index in [-0.39, 0.29) is 29.9 Å². The minimum atomic E-state index is 0. The fourth-order valence-electron chi connectivity index (χ4n) is 2.22. The highest BCUT2D eigenvalue weighted by molar-refractivity contribution is 14.0. The summed E-state index contributed by atoms with van der Waals surface area (Å²) in [6.45, 7) is 8.91. The Morgan fingerprint density at radius 2 is 2.00 bits per heavy atom. The number of benzene rings is 1. The van der Waals surface area contributed by atoms with E-state index in [0.717, 1.165) is 36.9 Å². The van der Waals surface area contributed by atoms with E-state index in [1.807, 2.05) is 37.3 Å². The number of halogens is 1. The molecule has 7 nitrogen and oxygen atoms in total. The summed E-state index contributed by atoms with van der Waals surface area (Å²) < 4.78 is 10.9. The summed E-state index contributed by atoms with van der Waals surface area (Å²) in [4.78, 5) is 8.94. The van der Waals surface area contributed by atoms with E-state index >= 15 is 0 Å². The summed E-state index contributed by atoms with van der Waals surface area (Å²) in [7, 11) is 0. The highest BCUT2D eigenvalue weighted by Gasteiger charge is 2.08. The lowest BCUT2D eigenvalue weighted by atomic mass is 10.2. The van der Waals surface area contributed by atoms with Crippen molar-refractivity contribution in [3.63, 3.8) is 0 Å². The predicted octanol–water partition coefficient (Wildman–Crippen LogP) is 3.38. The molecule has 2 aromatic rings. The molecule has 1 heterocycles. The van der Waals surface area contributed by atoms with Crippen molar-refractivity contribution in [3.8, 4) is 5.75 Å². The first kappa shape index (κ1) is 23.2. The van der Waals surface area contributed by atoms with Crippen LogP contribution in [0.4, 0.5) is 0 Å². The van der Waals surface area contributed by atoms with E-state index in [1.54, 1.807) is 0 Å². The van der Waals surface area contributed by atoms with Crippen LogP contribution < -0.4 is 15.4 Å². The maximum Gasteiger partial charge on any atom is 0.226 e. The molecule has 1 aromatic heterocycles. The predicted molar refractivity (Wildman–Crippen MR) is 118 cm³/mol. The minimum Gasteiger partial charge on any atom is -0.492 e. The average Bonchev–Trinajstić information content (AvgIpc) is 3.12. The normalized spacial score (nSPS) is 11.2. The number of nitrogens with zero attached hydrogens (tertiary/aromatic N) is 3. The number of rotatable bonds is 10. The van der Waals surface area contributed by atoms with Gasteiger partial charge in [-0.15, -0.1) is 24.0 Å². The molecule has 0 aliphatic carbocycles. The second-order valence-electron chi connectivity index (χ2n) is 6.15. The molecule has 27 heavy (non-hydrogen) atoms. The van der Waals surface area contributed by atoms with E-state index in [4.69, 9.17) is 9.26 Å². The Morgan fingerprint density at radius 3 is 2.67 bits per heavy atom. The molecular weight excluding hydrogens is 457 g/mol. The first-order valence-electron chi connectivity index (χ1n) is 9.21. The van der Waals surface area contributed by atoms with Crippen LogP contribution in [0.2, 0.25) is 0 Å². The molecule has 0 saturated heterocycles. The summed E-state index contributed by atoms with van der Waals surface area (Å²) in [5, 5.41) is 10.5. The highest BCUT2D eigenvalue weighted by Crippen LogP contribution is 2.10. The van der Waals surface area contributed by atoms with E-state index in [9.17, 15) is 0 Å². The summed E-state index contributed by atoms with van der Waals surface area (Å²) in [6, 6.07) is 9.78. The first-order chi connectivity index (χ1) is 12.7. The summed E-state index contributed by atoms with van der Waals surface area (Å²) >= 11 is 0. The first-order valence-corrected chi connectivity index (χ1v) is 9.21. The Kier molecular flexibility index (Phi) is 11.5. The molecule has 0 saturated carbocycles. The molecule has 0 radical (unpaired) electrons. The molecule has 150 valence electrons. The topological polar surface area (TPSA) is 84.6 Å². The fourth-order valence-corrected chi connectivity index (χ4v) is 2.22. The Bertz CT molecular complexity index is 661. The molecule has 0 atom stereocenters. The van der Waals surface area contributed by atoms with E-state index in [2.05, 4.69) is 39.6 Å². The minimum absolute atomic E-state index is 0. The van der Waals surface area contributed by atoms with Gasteiger partial charge in [0.2, 0.25) is 5.89 Å². The van der Waals surface area contributed by atoms with Crippen LogP contribution in [0.3, 0.4) is 0 Å². The standard InChI is InChI=1S/C19H29N5O2.HI/c1-4-20-19(22-13-14-25-16-9-6-5-7-10-16)21-12-8-11-17-23-18(15(2)3)24-26-17;/h5-7,9-10,15H,4,8,11-14H2,1-3H3,(H2,20,21,22);1H. The van der Waals surface area contributed by atoms with Crippen LogP contribution in [0.5, 0.6) is 5.75 Å². The third-order valence-corrected chi connectivity index (χ3v) is 3.57. The van der Waals surface area contributed by atoms with Crippen LogP contribution in [-0.4, -0.2) is 42.3 Å². The maximum absolute atomic E-state index is 5.67. The molecule has 0 amide bonds. The quantitative estimate of drug-likeness (QED) is 0.232. The molecule has 0 bridgehead atoms. The van der Waals surface area contributed by atoms with Crippen LogP contribution in [0.15, 0.2) is 39.8 Å². The van der Waals surface area contributed by atoms with Crippen LogP contribution in [0.1, 0.15) is 44.8 Å². The number of aromatic nitrogens is 2. The summed E-state index contributed by atoms with van der Waals surface area (Å²) in [5.74, 6) is 3.39. The monoisotopic (exact) mass is 487 g/mol. The third kappa shape index (κ3) is 9.07. The average molecular weight is 487 g/mol. The maximum atomic E-state index is 5.67. The van der Waals surface area contributed by atoms with Gasteiger partial charge in [-0.05, 0) is 25.5 Å². The van der Waals surface area contributed by atoms with Crippen LogP contribution >= 0.6 is 24.0 Å². The molecule has 0 fully saturated rings. The van der Waals surface area contributed by atoms with Crippen molar-refractivity contribution in [2.24, 2.45) is 4.99 Å². The molecular formula is C19H30IN5O2. The molecule has 0 aliphatic heterocycles. The van der Waals surface area contributed by atoms with Crippen LogP contribution in [0.25, 0.3) is 0 Å². The largest absolute Gasteiger partial charge is 0.492 e. The number of hydrogen-bond acceptors (Lipinski definition) is 5. The number of guanidine groups is 1. The van der Waals surface area contributed by atoms with Gasteiger partial charge in [-0.2, -0.15) is 4.98 Å². The van der Waals surface area contributed by atoms with Gasteiger partial charge in [0.15, 0.2) is 11.8 Å². The van der Waals surface area contributed by atoms with Crippen molar-refractivity contribution >= 4 is 29.9 Å². The van der Waals surface area contributed by atoms with Crippen molar-refractivity contribution in [1.82, 2.24) is 20.8 Å². The van der Waals surface area contributed by atoms with Crippen molar-refractivity contribution in [2.45, 2.75) is 39.5 Å². The SMILES string of the molecule is CCNC(=NCCCc1nc(C(C)C)no1)NCCOc1ccccc1.I. The van der Waals surface area contributed by atoms with E-state index < -0.39 is 0 Å². The van der Waals surface area contributed by atoms with Crippen molar-refractivity contribution in [2.75, 3.05) is 26.2 Å². The van der Waals surface area contributed by atoms with Crippen molar-refractivity contribution < 1.29 is 9.26 Å². The number of nitrogens with one attached hydrogen (secondary N) is 2. The second kappa shape index (κ2) is 13.3. The van der Waals surface area contributed by atoms with Gasteiger partial charge in [0.1, 0.15) is 12.4 Å². The fraction of sp³-hybridized carbons (Fsp3) is 0.526. The molecule has 2 N–H and O–H groups in total. The number of para-hydroxylation sites is 1. The number of aryl methyl sites for hydroxylation is 1. The molecule has 8 heteroatoms. The molecule has 0 spiro atoms. The van der Waals surface area contributed by atoms with Crippen LogP contribution in [-0.2, 0) is 6.42 Å². The Balaban J connectivity index is 0.00000364. The van der Waals surface area contributed by atoms with Gasteiger partial charge in [-0.1, -0.05) is 37.2 Å². The van der Waals surface area contributed by atoms with Gasteiger partial charge in [0.05, 0.1) is 6.54 Å². The third-order valence-electron chi connectivity index (χ3n) is 3.57. The number of hydrogen-bond donors (Lipinski definition) is 2. The van der Waals surface area contributed by atoms with Gasteiger partial charge in [-0.3, -0.25) is 4.99 Å². The van der Waals surface area contributed by atoms with Gasteiger partial charge in [0.25, 0.3) is 0 Å². The highest BCUT2D eigenvalue weighted by atomic mass is 127. The molecule has 0 aliphatic rings. The smallest absolute Gasteiger partial charge is 0.226 e. The molecule has 0 unspecified atom stereocenters. The lowest BCUT2D eigenvalue weighted by molar-refractivity contribution is 0.322. The second-order valence-corrected chi connectivity index (χ2v) is 6.15. The number of ether oxygens (including phenoxy) is 1. The number of aliphatic imine (C=N–C) groups is 1. The molecule has 1 aromatic carbocycles. The molecule has 2 rings (SSSR count). The van der Waals surface area contributed by atoms with Gasteiger partial charge < -0.3 is 19.9 Å². The summed E-state index contributed by atoms with van der Waals surface area (Å²) in [6.07, 6.45) is 1.59. The Labute approximate surface area is 178 Å². The Hall–Kier alpha value is -1.84. The van der Waals surface area contributed by atoms with Gasteiger partial charge >= 0.3 is 0 Å². The zero-order valence-corrected chi connectivity index (χ0v) is 18.6. The van der Waals surface area contributed by atoms with E-state index in [0.29, 0.717) is 25.6 Å². The van der Waals surface area contributed by atoms with Gasteiger partial charge in [-0.25, -0.2) is 0 Å². The van der Waals surface area contributed by atoms with Crippen molar-refractivity contribution in [1.29, 1.82) is 0 Å². The Morgan fingerprint density at radius 1 is 1.22 bits per heavy atom. The van der Waals surface area contributed by atoms with E-state index in [1.165, 1.54) is 0 Å². The zero-order valence-electron chi connectivity index (χ0n) is 16.3. The zero-order chi connectivity index (χ0) is 18.6. The lowest BCUT2D eigenvalue weighted by Gasteiger charge is -2.12. The van der Waals surface area contributed by atoms with Crippen molar-refractivity contribution in [3.05, 3.63) is 42.0 Å².